The second kappa shape index (κ2) is 10.2. The maximum Gasteiger partial charge on any atom is 0.321 e. The Morgan fingerprint density at radius 2 is 1.71 bits per heavy atom. The van der Waals surface area contributed by atoms with Gasteiger partial charge in [0.1, 0.15) is 18.8 Å². The summed E-state index contributed by atoms with van der Waals surface area (Å²) in [4.78, 5) is 46.6. The van der Waals surface area contributed by atoms with Gasteiger partial charge in [0.25, 0.3) is 5.69 Å². The van der Waals surface area contributed by atoms with Gasteiger partial charge in [-0.25, -0.2) is 0 Å². The van der Waals surface area contributed by atoms with Crippen molar-refractivity contribution in [1.29, 1.82) is 0 Å². The van der Waals surface area contributed by atoms with E-state index in [9.17, 15) is 24.5 Å². The Hall–Kier alpha value is -3.23. The van der Waals surface area contributed by atoms with Crippen LogP contribution in [0, 0.1) is 16.0 Å². The number of carbonyl (C=O) groups is 3. The van der Waals surface area contributed by atoms with Crippen LogP contribution in [0.4, 0.5) is 5.69 Å². The Bertz CT molecular complexity index is 733. The standard InChI is InChI=1S/C19H23NO8/c1-5-10-26-17(22)15(11-16(21)28-19(2,3)4)18(23)27-12-13-6-8-14(9-7-13)20(24)25/h5-9,15H,1,10-12H2,2-4H3. The number of esters is 3. The van der Waals surface area contributed by atoms with E-state index < -0.39 is 40.8 Å². The Morgan fingerprint density at radius 3 is 2.21 bits per heavy atom. The zero-order valence-electron chi connectivity index (χ0n) is 16.0. The Balaban J connectivity index is 2.79. The van der Waals surface area contributed by atoms with E-state index in [0.29, 0.717) is 5.56 Å². The summed E-state index contributed by atoms with van der Waals surface area (Å²) in [5.41, 5.74) is -0.407. The SMILES string of the molecule is C=CCOC(=O)C(CC(=O)OC(C)(C)C)C(=O)OCc1ccc([N+](=O)[O-])cc1. The van der Waals surface area contributed by atoms with Crippen LogP contribution in [-0.2, 0) is 35.2 Å². The first kappa shape index (κ1) is 22.8. The molecule has 28 heavy (non-hydrogen) atoms. The van der Waals surface area contributed by atoms with Crippen molar-refractivity contribution in [2.45, 2.75) is 39.4 Å². The topological polar surface area (TPSA) is 122 Å². The summed E-state index contributed by atoms with van der Waals surface area (Å²) < 4.78 is 15.1. The number of hydrogen-bond donors (Lipinski definition) is 0. The van der Waals surface area contributed by atoms with Gasteiger partial charge >= 0.3 is 17.9 Å². The van der Waals surface area contributed by atoms with Gasteiger partial charge < -0.3 is 14.2 Å². The van der Waals surface area contributed by atoms with Crippen molar-refractivity contribution in [2.24, 2.45) is 5.92 Å². The predicted molar refractivity (Wildman–Crippen MR) is 98.0 cm³/mol. The van der Waals surface area contributed by atoms with E-state index in [1.165, 1.54) is 30.3 Å². The van der Waals surface area contributed by atoms with Crippen LogP contribution in [0.5, 0.6) is 0 Å². The Morgan fingerprint density at radius 1 is 1.14 bits per heavy atom. The summed E-state index contributed by atoms with van der Waals surface area (Å²) >= 11 is 0. The summed E-state index contributed by atoms with van der Waals surface area (Å²) in [5.74, 6) is -4.13. The molecular formula is C19H23NO8. The lowest BCUT2D eigenvalue weighted by Crippen LogP contribution is -2.33. The molecule has 1 unspecified atom stereocenters. The highest BCUT2D eigenvalue weighted by molar-refractivity contribution is 5.98. The van der Waals surface area contributed by atoms with Crippen molar-refractivity contribution in [2.75, 3.05) is 6.61 Å². The third-order valence-electron chi connectivity index (χ3n) is 3.23. The molecule has 0 aliphatic rings. The van der Waals surface area contributed by atoms with E-state index >= 15 is 0 Å². The fourth-order valence-corrected chi connectivity index (χ4v) is 2.02. The van der Waals surface area contributed by atoms with E-state index in [2.05, 4.69) is 6.58 Å². The molecule has 0 saturated carbocycles. The highest BCUT2D eigenvalue weighted by atomic mass is 16.6. The molecule has 0 heterocycles. The molecule has 0 saturated heterocycles. The molecule has 9 nitrogen and oxygen atoms in total. The van der Waals surface area contributed by atoms with Crippen molar-refractivity contribution >= 4 is 23.6 Å². The number of nitro groups is 1. The second-order valence-electron chi connectivity index (χ2n) is 6.79. The molecule has 0 aliphatic heterocycles. The second-order valence-corrected chi connectivity index (χ2v) is 6.79. The summed E-state index contributed by atoms with van der Waals surface area (Å²) in [5, 5.41) is 10.6. The highest BCUT2D eigenvalue weighted by Crippen LogP contribution is 2.17. The molecule has 0 aromatic heterocycles. The lowest BCUT2D eigenvalue weighted by Gasteiger charge is -2.21. The van der Waals surface area contributed by atoms with Crippen molar-refractivity contribution in [1.82, 2.24) is 0 Å². The zero-order valence-corrected chi connectivity index (χ0v) is 16.0. The summed E-state index contributed by atoms with van der Waals surface area (Å²) in [7, 11) is 0. The van der Waals surface area contributed by atoms with Crippen LogP contribution in [0.25, 0.3) is 0 Å². The van der Waals surface area contributed by atoms with E-state index in [1.807, 2.05) is 0 Å². The maximum atomic E-state index is 12.3. The molecule has 0 aliphatic carbocycles. The molecule has 1 aromatic carbocycles. The smallest absolute Gasteiger partial charge is 0.321 e. The van der Waals surface area contributed by atoms with Crippen molar-refractivity contribution in [3.63, 3.8) is 0 Å². The maximum absolute atomic E-state index is 12.3. The van der Waals surface area contributed by atoms with Crippen molar-refractivity contribution in [3.05, 3.63) is 52.6 Å². The van der Waals surface area contributed by atoms with Gasteiger partial charge in [0.05, 0.1) is 11.3 Å². The average molecular weight is 393 g/mol. The van der Waals surface area contributed by atoms with Crippen LogP contribution >= 0.6 is 0 Å². The van der Waals surface area contributed by atoms with Gasteiger partial charge in [-0.2, -0.15) is 0 Å². The molecule has 1 atom stereocenters. The number of hydrogen-bond acceptors (Lipinski definition) is 8. The first-order valence-corrected chi connectivity index (χ1v) is 8.43. The van der Waals surface area contributed by atoms with E-state index in [4.69, 9.17) is 14.2 Å². The Kier molecular flexibility index (Phi) is 8.30. The molecule has 1 aromatic rings. The minimum Gasteiger partial charge on any atom is -0.461 e. The fraction of sp³-hybridized carbons (Fsp3) is 0.421. The molecule has 0 bridgehead atoms. The van der Waals surface area contributed by atoms with Crippen LogP contribution in [-0.4, -0.2) is 35.0 Å². The largest absolute Gasteiger partial charge is 0.461 e. The number of rotatable bonds is 9. The average Bonchev–Trinajstić information content (AvgIpc) is 2.61. The zero-order chi connectivity index (χ0) is 21.3. The normalized spacial score (nSPS) is 11.8. The van der Waals surface area contributed by atoms with Gasteiger partial charge in [0.2, 0.25) is 0 Å². The fourth-order valence-electron chi connectivity index (χ4n) is 2.02. The molecule has 0 radical (unpaired) electrons. The Labute approximate surface area is 162 Å². The molecule has 0 fully saturated rings. The first-order valence-electron chi connectivity index (χ1n) is 8.43. The monoisotopic (exact) mass is 393 g/mol. The number of ether oxygens (including phenoxy) is 3. The quantitative estimate of drug-likeness (QED) is 0.157. The third-order valence-corrected chi connectivity index (χ3v) is 3.23. The molecule has 152 valence electrons. The van der Waals surface area contributed by atoms with Gasteiger partial charge in [-0.15, -0.1) is 0 Å². The highest BCUT2D eigenvalue weighted by Gasteiger charge is 2.34. The van der Waals surface area contributed by atoms with E-state index in [0.717, 1.165) is 0 Å². The number of benzene rings is 1. The molecule has 9 heteroatoms. The summed E-state index contributed by atoms with van der Waals surface area (Å²) in [6, 6.07) is 5.37. The predicted octanol–water partition coefficient (Wildman–Crippen LogP) is 2.72. The molecular weight excluding hydrogens is 370 g/mol. The minimum absolute atomic E-state index is 0.106. The van der Waals surface area contributed by atoms with Crippen LogP contribution in [0.3, 0.4) is 0 Å². The number of non-ortho nitro benzene ring substituents is 1. The number of nitro benzene ring substituents is 1. The van der Waals surface area contributed by atoms with Gasteiger partial charge in [0, 0.05) is 12.1 Å². The van der Waals surface area contributed by atoms with Crippen LogP contribution in [0.2, 0.25) is 0 Å². The molecule has 0 amide bonds. The minimum atomic E-state index is -1.49. The summed E-state index contributed by atoms with van der Waals surface area (Å²) in [6.07, 6.45) is 0.789. The molecule has 0 spiro atoms. The number of carbonyl (C=O) groups excluding carboxylic acids is 3. The van der Waals surface area contributed by atoms with Gasteiger partial charge in [-0.1, -0.05) is 12.7 Å². The summed E-state index contributed by atoms with van der Waals surface area (Å²) in [6.45, 7) is 8.02. The lowest BCUT2D eigenvalue weighted by molar-refractivity contribution is -0.384. The lowest BCUT2D eigenvalue weighted by atomic mass is 10.1. The number of nitrogens with zero attached hydrogens (tertiary/aromatic N) is 1. The van der Waals surface area contributed by atoms with Crippen LogP contribution < -0.4 is 0 Å². The van der Waals surface area contributed by atoms with Crippen molar-refractivity contribution < 1.29 is 33.5 Å². The van der Waals surface area contributed by atoms with Gasteiger partial charge in [-0.3, -0.25) is 24.5 Å². The molecule has 0 N–H and O–H groups in total. The molecule has 1 rings (SSSR count). The van der Waals surface area contributed by atoms with Gasteiger partial charge in [0.15, 0.2) is 5.92 Å². The first-order chi connectivity index (χ1) is 13.0. The van der Waals surface area contributed by atoms with E-state index in [-0.39, 0.29) is 18.9 Å². The van der Waals surface area contributed by atoms with E-state index in [1.54, 1.807) is 20.8 Å². The van der Waals surface area contributed by atoms with Crippen LogP contribution in [0.1, 0.15) is 32.8 Å². The van der Waals surface area contributed by atoms with Crippen molar-refractivity contribution in [3.8, 4) is 0 Å². The van der Waals surface area contributed by atoms with Crippen LogP contribution in [0.15, 0.2) is 36.9 Å². The van der Waals surface area contributed by atoms with Gasteiger partial charge in [-0.05, 0) is 38.5 Å². The third kappa shape index (κ3) is 7.98.